The molecule has 3 fully saturated rings. The Morgan fingerprint density at radius 3 is 2.53 bits per heavy atom. The molecule has 32 heavy (non-hydrogen) atoms. The highest BCUT2D eigenvalue weighted by Crippen LogP contribution is 2.68. The van der Waals surface area contributed by atoms with Crippen molar-refractivity contribution in [3.8, 4) is 5.75 Å². The van der Waals surface area contributed by atoms with E-state index in [1.165, 1.54) is 13.0 Å². The first-order chi connectivity index (χ1) is 15.2. The second kappa shape index (κ2) is 7.29. The average Bonchev–Trinajstić information content (AvgIpc) is 3.06. The van der Waals surface area contributed by atoms with Gasteiger partial charge in [-0.2, -0.15) is 0 Å². The second-order valence-corrected chi connectivity index (χ2v) is 10.4. The van der Waals surface area contributed by atoms with Crippen LogP contribution in [0.3, 0.4) is 0 Å². The largest absolute Gasteiger partial charge is 0.490 e. The fourth-order valence-electron chi connectivity index (χ4n) is 7.31. The van der Waals surface area contributed by atoms with Crippen LogP contribution in [0, 0.1) is 22.7 Å². The molecular formula is C27H31FO4. The van der Waals surface area contributed by atoms with Gasteiger partial charge in [0.2, 0.25) is 0 Å². The van der Waals surface area contributed by atoms with Crippen molar-refractivity contribution in [3.63, 3.8) is 0 Å². The molecule has 3 saturated carbocycles. The van der Waals surface area contributed by atoms with Gasteiger partial charge < -0.3 is 9.47 Å². The molecule has 4 nitrogen and oxygen atoms in total. The molecule has 170 valence electrons. The molecule has 0 aliphatic heterocycles. The standard InChI is InChI=1S/C27H31FO4/c1-17(29)31-24-16-25(2)21(11-12-23(25)32-20-7-5-4-6-8-20)22-10-9-18-15-19(30)13-14-26(18,3)27(22,24)28/h4-8,13-15,21-24H,9-12,16H2,1-3H3/t21-,22-,23+,24-,25-,26-,27-/m0/s1. The van der Waals surface area contributed by atoms with Crippen molar-refractivity contribution in [2.45, 2.75) is 70.8 Å². The Hall–Kier alpha value is -2.43. The van der Waals surface area contributed by atoms with Crippen LogP contribution in [0.15, 0.2) is 54.1 Å². The van der Waals surface area contributed by atoms with E-state index < -0.39 is 23.2 Å². The first kappa shape index (κ1) is 21.4. The van der Waals surface area contributed by atoms with Gasteiger partial charge in [-0.25, -0.2) is 4.39 Å². The molecule has 0 N–H and O–H groups in total. The number of ether oxygens (including phenoxy) is 2. The number of hydrogen-bond donors (Lipinski definition) is 0. The van der Waals surface area contributed by atoms with Crippen LogP contribution in [0.1, 0.15) is 52.9 Å². The molecule has 1 aromatic carbocycles. The zero-order valence-corrected chi connectivity index (χ0v) is 19.0. The monoisotopic (exact) mass is 438 g/mol. The molecular weight excluding hydrogens is 407 g/mol. The molecule has 0 saturated heterocycles. The van der Waals surface area contributed by atoms with E-state index in [9.17, 15) is 9.59 Å². The smallest absolute Gasteiger partial charge is 0.303 e. The third-order valence-corrected chi connectivity index (χ3v) is 8.86. The van der Waals surface area contributed by atoms with Gasteiger partial charge in [0.25, 0.3) is 0 Å². The fourth-order valence-corrected chi connectivity index (χ4v) is 7.31. The van der Waals surface area contributed by atoms with Gasteiger partial charge in [0.05, 0.1) is 0 Å². The van der Waals surface area contributed by atoms with Crippen molar-refractivity contribution < 1.29 is 23.5 Å². The van der Waals surface area contributed by atoms with E-state index in [4.69, 9.17) is 9.47 Å². The Morgan fingerprint density at radius 1 is 1.06 bits per heavy atom. The Balaban J connectivity index is 1.56. The summed E-state index contributed by atoms with van der Waals surface area (Å²) in [6.45, 7) is 5.41. The van der Waals surface area contributed by atoms with Gasteiger partial charge in [-0.05, 0) is 69.2 Å². The normalized spacial score (nSPS) is 42.4. The minimum Gasteiger partial charge on any atom is -0.490 e. The van der Waals surface area contributed by atoms with E-state index in [0.29, 0.717) is 19.3 Å². The highest BCUT2D eigenvalue weighted by atomic mass is 19.1. The second-order valence-electron chi connectivity index (χ2n) is 10.4. The Labute approximate surface area is 188 Å². The van der Waals surface area contributed by atoms with E-state index >= 15 is 4.39 Å². The van der Waals surface area contributed by atoms with Gasteiger partial charge in [-0.3, -0.25) is 9.59 Å². The summed E-state index contributed by atoms with van der Waals surface area (Å²) in [6.07, 6.45) is 7.31. The number of para-hydroxylation sites is 1. The van der Waals surface area contributed by atoms with Crippen LogP contribution >= 0.6 is 0 Å². The Bertz CT molecular complexity index is 1000. The minimum absolute atomic E-state index is 0.0641. The predicted molar refractivity (Wildman–Crippen MR) is 119 cm³/mol. The van der Waals surface area contributed by atoms with Gasteiger partial charge in [0.1, 0.15) is 18.0 Å². The molecule has 0 aromatic heterocycles. The molecule has 0 spiro atoms. The van der Waals surface area contributed by atoms with Crippen LogP contribution in [-0.4, -0.2) is 29.6 Å². The fraction of sp³-hybridized carbons (Fsp3) is 0.556. The zero-order chi connectivity index (χ0) is 22.7. The molecule has 0 bridgehead atoms. The van der Waals surface area contributed by atoms with Crippen LogP contribution in [0.5, 0.6) is 5.75 Å². The number of rotatable bonds is 3. The lowest BCUT2D eigenvalue weighted by Crippen LogP contribution is -2.67. The highest BCUT2D eigenvalue weighted by molar-refractivity contribution is 6.01. The first-order valence-corrected chi connectivity index (χ1v) is 11.7. The van der Waals surface area contributed by atoms with E-state index in [1.54, 1.807) is 12.2 Å². The summed E-state index contributed by atoms with van der Waals surface area (Å²) in [5.74, 6) is 0.103. The summed E-state index contributed by atoms with van der Waals surface area (Å²) < 4.78 is 29.7. The average molecular weight is 439 g/mol. The minimum atomic E-state index is -1.76. The number of esters is 1. The molecule has 0 unspecified atom stereocenters. The number of carbonyl (C=O) groups is 2. The molecule has 5 heteroatoms. The van der Waals surface area contributed by atoms with Crippen molar-refractivity contribution >= 4 is 11.8 Å². The van der Waals surface area contributed by atoms with Gasteiger partial charge in [-0.15, -0.1) is 0 Å². The third kappa shape index (κ3) is 2.93. The molecule has 4 aliphatic rings. The summed E-state index contributed by atoms with van der Waals surface area (Å²) in [5, 5.41) is 0. The topological polar surface area (TPSA) is 52.6 Å². The zero-order valence-electron chi connectivity index (χ0n) is 19.0. The van der Waals surface area contributed by atoms with Crippen molar-refractivity contribution in [3.05, 3.63) is 54.1 Å². The third-order valence-electron chi connectivity index (χ3n) is 8.86. The van der Waals surface area contributed by atoms with Crippen molar-refractivity contribution in [1.29, 1.82) is 0 Å². The highest BCUT2D eigenvalue weighted by Gasteiger charge is 2.72. The Morgan fingerprint density at radius 2 is 1.81 bits per heavy atom. The van der Waals surface area contributed by atoms with Gasteiger partial charge in [-0.1, -0.05) is 36.8 Å². The van der Waals surface area contributed by atoms with Crippen LogP contribution in [-0.2, 0) is 14.3 Å². The summed E-state index contributed by atoms with van der Waals surface area (Å²) in [5.41, 5.74) is -2.20. The number of carbonyl (C=O) groups excluding carboxylic acids is 2. The molecule has 4 aliphatic carbocycles. The maximum Gasteiger partial charge on any atom is 0.303 e. The maximum atomic E-state index is 17.5. The summed E-state index contributed by atoms with van der Waals surface area (Å²) in [4.78, 5) is 24.2. The number of alkyl halides is 1. The van der Waals surface area contributed by atoms with Crippen molar-refractivity contribution in [1.82, 2.24) is 0 Å². The van der Waals surface area contributed by atoms with E-state index in [1.807, 2.05) is 37.3 Å². The predicted octanol–water partition coefficient (Wildman–Crippen LogP) is 5.38. The van der Waals surface area contributed by atoms with E-state index in [2.05, 4.69) is 6.92 Å². The van der Waals surface area contributed by atoms with Gasteiger partial charge in [0, 0.05) is 23.7 Å². The van der Waals surface area contributed by atoms with Crippen molar-refractivity contribution in [2.75, 3.05) is 0 Å². The number of fused-ring (bicyclic) bond motifs is 5. The number of hydrogen-bond acceptors (Lipinski definition) is 4. The number of allylic oxidation sites excluding steroid dienone is 4. The molecule has 7 atom stereocenters. The molecule has 5 rings (SSSR count). The van der Waals surface area contributed by atoms with Crippen LogP contribution in [0.2, 0.25) is 0 Å². The lowest BCUT2D eigenvalue weighted by molar-refractivity contribution is -0.215. The number of ketones is 1. The summed E-state index contributed by atoms with van der Waals surface area (Å²) in [6, 6.07) is 9.75. The van der Waals surface area contributed by atoms with E-state index in [0.717, 1.165) is 24.2 Å². The first-order valence-electron chi connectivity index (χ1n) is 11.7. The molecule has 0 amide bonds. The molecule has 0 heterocycles. The molecule has 0 radical (unpaired) electrons. The number of benzene rings is 1. The van der Waals surface area contributed by atoms with Crippen molar-refractivity contribution in [2.24, 2.45) is 22.7 Å². The van der Waals surface area contributed by atoms with Gasteiger partial charge in [0.15, 0.2) is 11.5 Å². The van der Waals surface area contributed by atoms with Gasteiger partial charge >= 0.3 is 5.97 Å². The van der Waals surface area contributed by atoms with Crippen LogP contribution in [0.4, 0.5) is 4.39 Å². The summed E-state index contributed by atoms with van der Waals surface area (Å²) >= 11 is 0. The van der Waals surface area contributed by atoms with Crippen LogP contribution in [0.25, 0.3) is 0 Å². The summed E-state index contributed by atoms with van der Waals surface area (Å²) in [7, 11) is 0. The SMILES string of the molecule is CC(=O)O[C@H]1C[C@]2(C)[C@H](Oc3ccccc3)CC[C@H]2[C@@H]2CCC3=CC(=O)C=C[C@]3(C)[C@@]12F. The van der Waals surface area contributed by atoms with E-state index in [-0.39, 0.29) is 29.1 Å². The Kier molecular flexibility index (Phi) is 4.88. The quantitative estimate of drug-likeness (QED) is 0.595. The molecule has 1 aromatic rings. The number of halogens is 1. The lowest BCUT2D eigenvalue weighted by Gasteiger charge is -2.62. The lowest BCUT2D eigenvalue weighted by atomic mass is 9.45. The van der Waals surface area contributed by atoms with Crippen LogP contribution < -0.4 is 4.74 Å². The maximum absolute atomic E-state index is 17.5.